The highest BCUT2D eigenvalue weighted by atomic mass is 16.5. The van der Waals surface area contributed by atoms with Crippen molar-refractivity contribution in [2.75, 3.05) is 19.5 Å². The molecule has 0 fully saturated rings. The van der Waals surface area contributed by atoms with E-state index in [-0.39, 0.29) is 5.60 Å². The number of rotatable bonds is 4. The molecule has 0 aliphatic heterocycles. The molecule has 0 saturated heterocycles. The lowest BCUT2D eigenvalue weighted by Gasteiger charge is -2.24. The number of aromatic nitrogens is 2. The molecule has 0 radical (unpaired) electrons. The van der Waals surface area contributed by atoms with Gasteiger partial charge in [0.05, 0.1) is 17.8 Å². The standard InChI is InChI=1S/C10H19N3O/c1-8-6-13(9(11-4)12-8)7-10(2,3)14-5/h6H,7H2,1-5H3,(H,11,12). The zero-order valence-electron chi connectivity index (χ0n) is 9.59. The van der Waals surface area contributed by atoms with E-state index in [1.165, 1.54) is 0 Å². The summed E-state index contributed by atoms with van der Waals surface area (Å²) >= 11 is 0. The smallest absolute Gasteiger partial charge is 0.202 e. The third-order valence-corrected chi connectivity index (χ3v) is 2.22. The van der Waals surface area contributed by atoms with Crippen molar-refractivity contribution in [3.8, 4) is 0 Å². The van der Waals surface area contributed by atoms with Gasteiger partial charge in [0.15, 0.2) is 0 Å². The Kier molecular flexibility index (Phi) is 3.16. The number of imidazole rings is 1. The SMILES string of the molecule is CNc1nc(C)cn1CC(C)(C)OC. The van der Waals surface area contributed by atoms with E-state index in [0.29, 0.717) is 0 Å². The average molecular weight is 197 g/mol. The van der Waals surface area contributed by atoms with Gasteiger partial charge >= 0.3 is 0 Å². The van der Waals surface area contributed by atoms with E-state index in [0.717, 1.165) is 18.2 Å². The Bertz CT molecular complexity index is 304. The van der Waals surface area contributed by atoms with Crippen molar-refractivity contribution in [3.63, 3.8) is 0 Å². The Balaban J connectivity index is 2.85. The molecule has 1 aromatic rings. The summed E-state index contributed by atoms with van der Waals surface area (Å²) in [4.78, 5) is 4.34. The fourth-order valence-electron chi connectivity index (χ4n) is 1.34. The first-order chi connectivity index (χ1) is 6.48. The summed E-state index contributed by atoms with van der Waals surface area (Å²) in [5, 5.41) is 3.06. The van der Waals surface area contributed by atoms with Crippen molar-refractivity contribution in [2.24, 2.45) is 0 Å². The van der Waals surface area contributed by atoms with Crippen LogP contribution in [0.25, 0.3) is 0 Å². The van der Waals surface area contributed by atoms with Gasteiger partial charge in [-0.2, -0.15) is 0 Å². The molecule has 0 amide bonds. The van der Waals surface area contributed by atoms with Crippen LogP contribution in [0.5, 0.6) is 0 Å². The number of hydrogen-bond acceptors (Lipinski definition) is 3. The highest BCUT2D eigenvalue weighted by Crippen LogP contribution is 2.15. The van der Waals surface area contributed by atoms with Crippen molar-refractivity contribution in [1.82, 2.24) is 9.55 Å². The quantitative estimate of drug-likeness (QED) is 0.797. The minimum Gasteiger partial charge on any atom is -0.377 e. The third kappa shape index (κ3) is 2.48. The monoisotopic (exact) mass is 197 g/mol. The van der Waals surface area contributed by atoms with Gasteiger partial charge in [0.2, 0.25) is 5.95 Å². The van der Waals surface area contributed by atoms with Crippen molar-refractivity contribution in [3.05, 3.63) is 11.9 Å². The highest BCUT2D eigenvalue weighted by molar-refractivity contribution is 5.27. The van der Waals surface area contributed by atoms with Gasteiger partial charge in [-0.3, -0.25) is 0 Å². The van der Waals surface area contributed by atoms with Crippen LogP contribution in [0, 0.1) is 6.92 Å². The molecule has 0 aliphatic carbocycles. The molecule has 0 bridgehead atoms. The molecule has 0 spiro atoms. The van der Waals surface area contributed by atoms with Crippen LogP contribution in [0.2, 0.25) is 0 Å². The number of ether oxygens (including phenoxy) is 1. The largest absolute Gasteiger partial charge is 0.377 e. The Morgan fingerprint density at radius 1 is 1.57 bits per heavy atom. The van der Waals surface area contributed by atoms with Gasteiger partial charge in [0.25, 0.3) is 0 Å². The maximum Gasteiger partial charge on any atom is 0.202 e. The molecule has 1 heterocycles. The number of nitrogens with zero attached hydrogens (tertiary/aromatic N) is 2. The van der Waals surface area contributed by atoms with E-state index in [2.05, 4.69) is 28.7 Å². The summed E-state index contributed by atoms with van der Waals surface area (Å²) in [6.45, 7) is 6.89. The van der Waals surface area contributed by atoms with E-state index in [1.54, 1.807) is 7.11 Å². The molecule has 1 aromatic heterocycles. The number of hydrogen-bond donors (Lipinski definition) is 1. The molecule has 1 N–H and O–H groups in total. The van der Waals surface area contributed by atoms with Crippen LogP contribution in [0.3, 0.4) is 0 Å². The zero-order valence-corrected chi connectivity index (χ0v) is 9.59. The Morgan fingerprint density at radius 2 is 2.21 bits per heavy atom. The Morgan fingerprint density at radius 3 is 2.71 bits per heavy atom. The molecule has 0 aromatic carbocycles. The maximum absolute atomic E-state index is 5.37. The van der Waals surface area contributed by atoms with Crippen LogP contribution in [-0.2, 0) is 11.3 Å². The lowest BCUT2D eigenvalue weighted by atomic mass is 10.1. The predicted octanol–water partition coefficient (Wildman–Crippen LogP) is 1.66. The first-order valence-electron chi connectivity index (χ1n) is 4.75. The molecular weight excluding hydrogens is 178 g/mol. The fraction of sp³-hybridized carbons (Fsp3) is 0.700. The van der Waals surface area contributed by atoms with Crippen LogP contribution in [0.1, 0.15) is 19.5 Å². The predicted molar refractivity (Wildman–Crippen MR) is 57.6 cm³/mol. The first kappa shape index (κ1) is 11.0. The van der Waals surface area contributed by atoms with Gasteiger partial charge in [0, 0.05) is 20.4 Å². The molecule has 80 valence electrons. The number of aryl methyl sites for hydroxylation is 1. The lowest BCUT2D eigenvalue weighted by molar-refractivity contribution is 0.00858. The molecular formula is C10H19N3O. The Labute approximate surface area is 85.3 Å². The number of anilines is 1. The summed E-state index contributed by atoms with van der Waals surface area (Å²) in [5.41, 5.74) is 0.847. The van der Waals surface area contributed by atoms with Gasteiger partial charge in [-0.05, 0) is 20.8 Å². The second-order valence-electron chi connectivity index (χ2n) is 4.05. The topological polar surface area (TPSA) is 39.1 Å². The van der Waals surface area contributed by atoms with Gasteiger partial charge in [-0.25, -0.2) is 4.98 Å². The average Bonchev–Trinajstić information content (AvgIpc) is 2.45. The van der Waals surface area contributed by atoms with Gasteiger partial charge < -0.3 is 14.6 Å². The lowest BCUT2D eigenvalue weighted by Crippen LogP contribution is -2.29. The van der Waals surface area contributed by atoms with E-state index in [9.17, 15) is 0 Å². The van der Waals surface area contributed by atoms with Crippen LogP contribution < -0.4 is 5.32 Å². The zero-order chi connectivity index (χ0) is 10.8. The summed E-state index contributed by atoms with van der Waals surface area (Å²) in [5.74, 6) is 0.882. The van der Waals surface area contributed by atoms with Crippen molar-refractivity contribution >= 4 is 5.95 Å². The van der Waals surface area contributed by atoms with Crippen LogP contribution >= 0.6 is 0 Å². The van der Waals surface area contributed by atoms with Crippen LogP contribution in [0.4, 0.5) is 5.95 Å². The minimum atomic E-state index is -0.168. The summed E-state index contributed by atoms with van der Waals surface area (Å²) in [6.07, 6.45) is 2.02. The first-order valence-corrected chi connectivity index (χ1v) is 4.75. The normalized spacial score (nSPS) is 11.8. The van der Waals surface area contributed by atoms with E-state index < -0.39 is 0 Å². The second-order valence-corrected chi connectivity index (χ2v) is 4.05. The number of nitrogens with one attached hydrogen (secondary N) is 1. The van der Waals surface area contributed by atoms with Gasteiger partial charge in [0.1, 0.15) is 0 Å². The van der Waals surface area contributed by atoms with Crippen LogP contribution in [0.15, 0.2) is 6.20 Å². The molecule has 0 aliphatic rings. The van der Waals surface area contributed by atoms with Crippen LogP contribution in [-0.4, -0.2) is 29.3 Å². The molecule has 1 rings (SSSR count). The van der Waals surface area contributed by atoms with Gasteiger partial charge in [-0.1, -0.05) is 0 Å². The summed E-state index contributed by atoms with van der Waals surface area (Å²) < 4.78 is 7.44. The molecule has 4 nitrogen and oxygen atoms in total. The van der Waals surface area contributed by atoms with Crippen molar-refractivity contribution in [1.29, 1.82) is 0 Å². The second kappa shape index (κ2) is 4.00. The fourth-order valence-corrected chi connectivity index (χ4v) is 1.34. The van der Waals surface area contributed by atoms with E-state index in [4.69, 9.17) is 4.74 Å². The Hall–Kier alpha value is -1.03. The van der Waals surface area contributed by atoms with E-state index >= 15 is 0 Å². The van der Waals surface area contributed by atoms with Crippen molar-refractivity contribution < 1.29 is 4.74 Å². The maximum atomic E-state index is 5.37. The molecule has 14 heavy (non-hydrogen) atoms. The summed E-state index contributed by atoms with van der Waals surface area (Å²) in [7, 11) is 3.60. The highest BCUT2D eigenvalue weighted by Gasteiger charge is 2.18. The number of methoxy groups -OCH3 is 1. The molecule has 0 unspecified atom stereocenters. The molecule has 0 atom stereocenters. The molecule has 0 saturated carbocycles. The van der Waals surface area contributed by atoms with Gasteiger partial charge in [-0.15, -0.1) is 0 Å². The minimum absolute atomic E-state index is 0.168. The third-order valence-electron chi connectivity index (χ3n) is 2.22. The summed E-state index contributed by atoms with van der Waals surface area (Å²) in [6, 6.07) is 0. The molecule has 4 heteroatoms. The van der Waals surface area contributed by atoms with Crippen molar-refractivity contribution in [2.45, 2.75) is 32.9 Å². The van der Waals surface area contributed by atoms with E-state index in [1.807, 2.05) is 20.2 Å².